The average Bonchev–Trinajstić information content (AvgIpc) is 2.71. The van der Waals surface area contributed by atoms with Gasteiger partial charge in [-0.2, -0.15) is 13.2 Å². The molecule has 0 radical (unpaired) electrons. The summed E-state index contributed by atoms with van der Waals surface area (Å²) in [6.45, 7) is 5.18. The van der Waals surface area contributed by atoms with E-state index in [4.69, 9.17) is 4.74 Å². The van der Waals surface area contributed by atoms with Crippen molar-refractivity contribution in [1.29, 1.82) is 0 Å². The summed E-state index contributed by atoms with van der Waals surface area (Å²) in [4.78, 5) is 5.75. The molecule has 8 heteroatoms. The third-order valence-corrected chi connectivity index (χ3v) is 5.31. The number of aliphatic imine (C=N–C) groups is 1. The van der Waals surface area contributed by atoms with Crippen molar-refractivity contribution >= 4 is 5.96 Å². The van der Waals surface area contributed by atoms with Crippen LogP contribution in [0.4, 0.5) is 13.2 Å². The minimum absolute atomic E-state index is 0.338. The van der Waals surface area contributed by atoms with Gasteiger partial charge in [-0.15, -0.1) is 0 Å². The molecular weight excluding hydrogens is 393 g/mol. The van der Waals surface area contributed by atoms with Gasteiger partial charge < -0.3 is 15.4 Å². The van der Waals surface area contributed by atoms with E-state index in [1.165, 1.54) is 10.5 Å². The first-order valence-corrected chi connectivity index (χ1v) is 10.7. The monoisotopic (exact) mass is 428 g/mol. The van der Waals surface area contributed by atoms with Crippen LogP contribution in [0.3, 0.4) is 0 Å². The van der Waals surface area contributed by atoms with Crippen LogP contribution < -0.4 is 10.6 Å². The van der Waals surface area contributed by atoms with E-state index in [1.54, 1.807) is 7.05 Å². The third-order valence-electron chi connectivity index (χ3n) is 5.31. The number of benzene rings is 1. The van der Waals surface area contributed by atoms with E-state index < -0.39 is 12.7 Å². The van der Waals surface area contributed by atoms with Gasteiger partial charge in [-0.25, -0.2) is 0 Å². The van der Waals surface area contributed by atoms with E-state index >= 15 is 0 Å². The van der Waals surface area contributed by atoms with Crippen molar-refractivity contribution in [2.45, 2.75) is 39.0 Å². The van der Waals surface area contributed by atoms with E-state index in [2.05, 4.69) is 34.7 Å². The van der Waals surface area contributed by atoms with Crippen molar-refractivity contribution in [1.82, 2.24) is 15.5 Å². The van der Waals surface area contributed by atoms with Gasteiger partial charge in [0.2, 0.25) is 0 Å². The third kappa shape index (κ3) is 10.3. The van der Waals surface area contributed by atoms with Gasteiger partial charge >= 0.3 is 6.18 Å². The summed E-state index contributed by atoms with van der Waals surface area (Å²) in [5.41, 5.74) is 1.17. The van der Waals surface area contributed by atoms with Crippen LogP contribution in [0.15, 0.2) is 35.3 Å². The molecule has 0 bridgehead atoms. The lowest BCUT2D eigenvalue weighted by molar-refractivity contribution is -0.148. The van der Waals surface area contributed by atoms with Gasteiger partial charge in [0.1, 0.15) is 0 Å². The highest BCUT2D eigenvalue weighted by Crippen LogP contribution is 2.23. The molecular formula is C22H35F3N4O. The Morgan fingerprint density at radius 1 is 1.20 bits per heavy atom. The molecule has 1 saturated heterocycles. The molecule has 1 aromatic carbocycles. The minimum Gasteiger partial charge on any atom is -0.376 e. The molecule has 1 aliphatic rings. The van der Waals surface area contributed by atoms with Crippen LogP contribution in [0.2, 0.25) is 0 Å². The molecule has 0 aromatic heterocycles. The summed E-state index contributed by atoms with van der Waals surface area (Å²) in [6.07, 6.45) is -1.52. The molecule has 0 aliphatic carbocycles. The number of halogens is 3. The number of piperidine rings is 1. The van der Waals surface area contributed by atoms with Crippen molar-refractivity contribution in [2.75, 3.05) is 46.4 Å². The van der Waals surface area contributed by atoms with Crippen LogP contribution in [0.1, 0.15) is 31.7 Å². The predicted molar refractivity (Wildman–Crippen MR) is 114 cm³/mol. The number of likely N-dealkylation sites (tertiary alicyclic amines) is 1. The molecule has 1 fully saturated rings. The summed E-state index contributed by atoms with van der Waals surface area (Å²) < 4.78 is 43.2. The molecule has 1 heterocycles. The highest BCUT2D eigenvalue weighted by molar-refractivity contribution is 5.79. The van der Waals surface area contributed by atoms with Crippen LogP contribution in [-0.2, 0) is 11.3 Å². The zero-order chi connectivity index (χ0) is 21.8. The van der Waals surface area contributed by atoms with Gasteiger partial charge in [-0.05, 0) is 49.8 Å². The molecule has 1 unspecified atom stereocenters. The van der Waals surface area contributed by atoms with E-state index in [0.29, 0.717) is 38.1 Å². The summed E-state index contributed by atoms with van der Waals surface area (Å²) in [7, 11) is 1.74. The number of ether oxygens (including phenoxy) is 1. The topological polar surface area (TPSA) is 48.9 Å². The first-order valence-electron chi connectivity index (χ1n) is 10.7. The largest absolute Gasteiger partial charge is 0.401 e. The summed E-state index contributed by atoms with van der Waals surface area (Å²) in [5.74, 6) is 1.55. The quantitative estimate of drug-likeness (QED) is 0.441. The van der Waals surface area contributed by atoms with Crippen molar-refractivity contribution in [3.63, 3.8) is 0 Å². The molecule has 5 nitrogen and oxygen atoms in total. The first-order chi connectivity index (χ1) is 14.4. The van der Waals surface area contributed by atoms with E-state index in [-0.39, 0.29) is 0 Å². The number of rotatable bonds is 10. The zero-order valence-corrected chi connectivity index (χ0v) is 18.0. The van der Waals surface area contributed by atoms with Gasteiger partial charge in [-0.3, -0.25) is 9.89 Å². The Kier molecular flexibility index (Phi) is 10.4. The van der Waals surface area contributed by atoms with E-state index in [0.717, 1.165) is 38.3 Å². The molecule has 1 aromatic rings. The average molecular weight is 429 g/mol. The Hall–Kier alpha value is -1.80. The molecule has 0 saturated carbocycles. The molecule has 1 atom stereocenters. The van der Waals surface area contributed by atoms with Gasteiger partial charge in [0.25, 0.3) is 0 Å². The standard InChI is InChI=1S/C22H35F3N4O/c1-18(15-30-16-20-6-4-3-5-7-20)14-28-21(26-2)27-11-8-19-9-12-29(13-10-19)17-22(23,24)25/h3-7,18-19H,8-17H2,1-2H3,(H2,26,27,28). The van der Waals surface area contributed by atoms with Gasteiger partial charge in [-0.1, -0.05) is 37.3 Å². The predicted octanol–water partition coefficient (Wildman–Crippen LogP) is 3.67. The number of nitrogens with zero attached hydrogens (tertiary/aromatic N) is 2. The van der Waals surface area contributed by atoms with Crippen LogP contribution in [0.25, 0.3) is 0 Å². The summed E-state index contributed by atoms with van der Waals surface area (Å²) in [5, 5.41) is 6.62. The lowest BCUT2D eigenvalue weighted by atomic mass is 9.93. The molecule has 1 aliphatic heterocycles. The number of hydrogen-bond acceptors (Lipinski definition) is 3. The van der Waals surface area contributed by atoms with Crippen molar-refractivity contribution in [2.24, 2.45) is 16.8 Å². The number of hydrogen-bond donors (Lipinski definition) is 2. The Labute approximate surface area is 178 Å². The molecule has 2 N–H and O–H groups in total. The van der Waals surface area contributed by atoms with E-state index in [1.807, 2.05) is 18.2 Å². The van der Waals surface area contributed by atoms with Crippen LogP contribution in [0.5, 0.6) is 0 Å². The van der Waals surface area contributed by atoms with Crippen molar-refractivity contribution in [3.8, 4) is 0 Å². The van der Waals surface area contributed by atoms with Gasteiger partial charge in [0, 0.05) is 20.1 Å². The first kappa shape index (κ1) is 24.5. The lowest BCUT2D eigenvalue weighted by Crippen LogP contribution is -2.42. The second-order valence-electron chi connectivity index (χ2n) is 8.11. The second-order valence-corrected chi connectivity index (χ2v) is 8.11. The molecule has 0 spiro atoms. The zero-order valence-electron chi connectivity index (χ0n) is 18.0. The highest BCUT2D eigenvalue weighted by atomic mass is 19.4. The fraction of sp³-hybridized carbons (Fsp3) is 0.682. The molecule has 2 rings (SSSR count). The Balaban J connectivity index is 1.54. The van der Waals surface area contributed by atoms with Crippen molar-refractivity contribution in [3.05, 3.63) is 35.9 Å². The normalized spacial score (nSPS) is 17.7. The maximum absolute atomic E-state index is 12.5. The maximum Gasteiger partial charge on any atom is 0.401 e. The fourth-order valence-electron chi connectivity index (χ4n) is 3.58. The minimum atomic E-state index is -4.10. The number of nitrogens with one attached hydrogen (secondary N) is 2. The van der Waals surface area contributed by atoms with Crippen LogP contribution >= 0.6 is 0 Å². The maximum atomic E-state index is 12.5. The molecule has 0 amide bonds. The van der Waals surface area contributed by atoms with E-state index in [9.17, 15) is 13.2 Å². The number of guanidine groups is 1. The van der Waals surface area contributed by atoms with Gasteiger partial charge in [0.15, 0.2) is 5.96 Å². The van der Waals surface area contributed by atoms with Crippen molar-refractivity contribution < 1.29 is 17.9 Å². The number of alkyl halides is 3. The SMILES string of the molecule is CN=C(NCCC1CCN(CC(F)(F)F)CC1)NCC(C)COCc1ccccc1. The molecule has 170 valence electrons. The highest BCUT2D eigenvalue weighted by Gasteiger charge is 2.32. The fourth-order valence-corrected chi connectivity index (χ4v) is 3.58. The Morgan fingerprint density at radius 3 is 2.53 bits per heavy atom. The van der Waals surface area contributed by atoms with Gasteiger partial charge in [0.05, 0.1) is 19.8 Å². The smallest absolute Gasteiger partial charge is 0.376 e. The Bertz CT molecular complexity index is 617. The van der Waals surface area contributed by atoms with Crippen LogP contribution in [-0.4, -0.2) is 63.4 Å². The summed E-state index contributed by atoms with van der Waals surface area (Å²) >= 11 is 0. The molecule has 30 heavy (non-hydrogen) atoms. The van der Waals surface area contributed by atoms with Crippen LogP contribution in [0, 0.1) is 11.8 Å². The second kappa shape index (κ2) is 12.8. The Morgan fingerprint density at radius 2 is 1.90 bits per heavy atom. The lowest BCUT2D eigenvalue weighted by Gasteiger charge is -2.32. The summed E-state index contributed by atoms with van der Waals surface area (Å²) in [6, 6.07) is 10.1.